The van der Waals surface area contributed by atoms with Gasteiger partial charge in [-0.15, -0.1) is 11.3 Å². The summed E-state index contributed by atoms with van der Waals surface area (Å²) in [6.07, 6.45) is 1.65. The lowest BCUT2D eigenvalue weighted by Crippen LogP contribution is -2.21. The molecule has 1 heterocycles. The molecule has 0 bridgehead atoms. The van der Waals surface area contributed by atoms with Crippen LogP contribution in [0.4, 0.5) is 0 Å². The lowest BCUT2D eigenvalue weighted by atomic mass is 10.1. The quantitative estimate of drug-likeness (QED) is 0.785. The van der Waals surface area contributed by atoms with Gasteiger partial charge in [0.15, 0.2) is 0 Å². The molecule has 1 aromatic heterocycles. The molecule has 0 N–H and O–H groups in total. The highest BCUT2D eigenvalue weighted by Crippen LogP contribution is 2.51. The number of benzene rings is 1. The Bertz CT molecular complexity index is 604. The Morgan fingerprint density at radius 2 is 2.29 bits per heavy atom. The normalized spacial score (nSPS) is 17.1. The van der Waals surface area contributed by atoms with Crippen LogP contribution in [0.5, 0.6) is 0 Å². The Morgan fingerprint density at radius 3 is 2.94 bits per heavy atom. The third-order valence-corrected chi connectivity index (χ3v) is 4.54. The molecule has 0 atom stereocenters. The Balaban J connectivity index is 2.10. The summed E-state index contributed by atoms with van der Waals surface area (Å²) in [5.74, 6) is -0.178. The third-order valence-electron chi connectivity index (χ3n) is 3.09. The number of fused-ring (bicyclic) bond motifs is 1. The number of hydrogen-bond acceptors (Lipinski definition) is 4. The van der Waals surface area contributed by atoms with Crippen LogP contribution in [0.15, 0.2) is 18.2 Å². The van der Waals surface area contributed by atoms with Crippen molar-refractivity contribution in [2.45, 2.75) is 18.3 Å². The first-order valence-corrected chi connectivity index (χ1v) is 6.50. The van der Waals surface area contributed by atoms with Gasteiger partial charge in [-0.25, -0.2) is 4.98 Å². The lowest BCUT2D eigenvalue weighted by Gasteiger charge is -2.07. The Hall–Kier alpha value is -1.13. The van der Waals surface area contributed by atoms with Gasteiger partial charge >= 0.3 is 5.97 Å². The second kappa shape index (κ2) is 3.68. The number of rotatable bonds is 2. The summed E-state index contributed by atoms with van der Waals surface area (Å²) >= 11 is 7.46. The number of hydrogen-bond donors (Lipinski definition) is 0. The van der Waals surface area contributed by atoms with Crippen molar-refractivity contribution in [1.29, 1.82) is 0 Å². The van der Waals surface area contributed by atoms with Crippen molar-refractivity contribution in [2.24, 2.45) is 0 Å². The summed E-state index contributed by atoms with van der Waals surface area (Å²) in [4.78, 5) is 16.3. The zero-order valence-corrected chi connectivity index (χ0v) is 10.8. The number of carbonyl (C=O) groups is 1. The molecule has 0 spiro atoms. The van der Waals surface area contributed by atoms with Crippen LogP contribution in [0.1, 0.15) is 17.8 Å². The van der Waals surface area contributed by atoms with E-state index in [1.54, 1.807) is 0 Å². The standard InChI is InChI=1S/C12H10ClNO2S/c1-16-11(15)12(4-5-12)10-14-8-3-2-7(13)6-9(8)17-10/h2-3,6H,4-5H2,1H3. The zero-order chi connectivity index (χ0) is 12.0. The van der Waals surface area contributed by atoms with Crippen LogP contribution in [-0.2, 0) is 14.9 Å². The van der Waals surface area contributed by atoms with Crippen LogP contribution in [0, 0.1) is 0 Å². The maximum atomic E-state index is 11.8. The summed E-state index contributed by atoms with van der Waals surface area (Å²) < 4.78 is 5.87. The molecule has 17 heavy (non-hydrogen) atoms. The van der Waals surface area contributed by atoms with E-state index in [9.17, 15) is 4.79 Å². The van der Waals surface area contributed by atoms with E-state index < -0.39 is 5.41 Å². The van der Waals surface area contributed by atoms with E-state index in [0.29, 0.717) is 5.02 Å². The molecule has 0 aliphatic heterocycles. The first kappa shape index (κ1) is 11.0. The number of methoxy groups -OCH3 is 1. The molecule has 3 nitrogen and oxygen atoms in total. The largest absolute Gasteiger partial charge is 0.468 e. The van der Waals surface area contributed by atoms with Crippen molar-refractivity contribution < 1.29 is 9.53 Å². The number of halogens is 1. The van der Waals surface area contributed by atoms with E-state index in [0.717, 1.165) is 28.1 Å². The molecule has 0 unspecified atom stereocenters. The average molecular weight is 268 g/mol. The summed E-state index contributed by atoms with van der Waals surface area (Å²) in [5.41, 5.74) is 0.412. The summed E-state index contributed by atoms with van der Waals surface area (Å²) in [6.45, 7) is 0. The highest BCUT2D eigenvalue weighted by molar-refractivity contribution is 7.18. The number of ether oxygens (including phenoxy) is 1. The highest BCUT2D eigenvalue weighted by Gasteiger charge is 2.55. The minimum Gasteiger partial charge on any atom is -0.468 e. The molecule has 0 radical (unpaired) electrons. The Kier molecular flexibility index (Phi) is 2.38. The predicted molar refractivity (Wildman–Crippen MR) is 67.6 cm³/mol. The fourth-order valence-corrected chi connectivity index (χ4v) is 3.40. The molecule has 3 rings (SSSR count). The zero-order valence-electron chi connectivity index (χ0n) is 9.20. The van der Waals surface area contributed by atoms with E-state index in [1.165, 1.54) is 18.4 Å². The van der Waals surface area contributed by atoms with Crippen molar-refractivity contribution in [3.8, 4) is 0 Å². The number of carbonyl (C=O) groups excluding carboxylic acids is 1. The van der Waals surface area contributed by atoms with E-state index >= 15 is 0 Å². The van der Waals surface area contributed by atoms with Gasteiger partial charge in [0.2, 0.25) is 0 Å². The number of aromatic nitrogens is 1. The van der Waals surface area contributed by atoms with Gasteiger partial charge in [-0.1, -0.05) is 11.6 Å². The SMILES string of the molecule is COC(=O)C1(c2nc3ccc(Cl)cc3s2)CC1. The summed E-state index contributed by atoms with van der Waals surface area (Å²) in [5, 5.41) is 1.54. The minimum absolute atomic E-state index is 0.178. The molecule has 1 aromatic carbocycles. The molecular formula is C12H10ClNO2S. The first-order valence-electron chi connectivity index (χ1n) is 5.31. The van der Waals surface area contributed by atoms with Crippen molar-refractivity contribution in [2.75, 3.05) is 7.11 Å². The molecule has 2 aromatic rings. The highest BCUT2D eigenvalue weighted by atomic mass is 35.5. The van der Waals surface area contributed by atoms with Crippen LogP contribution in [0.2, 0.25) is 5.02 Å². The van der Waals surface area contributed by atoms with Crippen LogP contribution in [0.3, 0.4) is 0 Å². The second-order valence-electron chi connectivity index (χ2n) is 4.20. The van der Waals surface area contributed by atoms with Gasteiger partial charge in [0.25, 0.3) is 0 Å². The molecule has 0 amide bonds. The van der Waals surface area contributed by atoms with E-state index in [4.69, 9.17) is 16.3 Å². The summed E-state index contributed by atoms with van der Waals surface area (Å²) in [6, 6.07) is 5.57. The number of nitrogens with zero attached hydrogens (tertiary/aromatic N) is 1. The van der Waals surface area contributed by atoms with Crippen molar-refractivity contribution in [3.63, 3.8) is 0 Å². The molecule has 5 heteroatoms. The second-order valence-corrected chi connectivity index (χ2v) is 5.67. The topological polar surface area (TPSA) is 39.2 Å². The van der Waals surface area contributed by atoms with Gasteiger partial charge in [0, 0.05) is 5.02 Å². The maximum absolute atomic E-state index is 11.8. The number of esters is 1. The maximum Gasteiger partial charge on any atom is 0.318 e. The third kappa shape index (κ3) is 1.63. The molecule has 88 valence electrons. The molecule has 1 aliphatic rings. The number of thiazole rings is 1. The Morgan fingerprint density at radius 1 is 1.53 bits per heavy atom. The van der Waals surface area contributed by atoms with Crippen LogP contribution < -0.4 is 0 Å². The summed E-state index contributed by atoms with van der Waals surface area (Å²) in [7, 11) is 1.42. The molecule has 1 aliphatic carbocycles. The van der Waals surface area contributed by atoms with Gasteiger partial charge in [0.1, 0.15) is 10.4 Å². The van der Waals surface area contributed by atoms with Gasteiger partial charge in [-0.3, -0.25) is 4.79 Å². The minimum atomic E-state index is -0.481. The molecular weight excluding hydrogens is 258 g/mol. The van der Waals surface area contributed by atoms with Gasteiger partial charge in [-0.05, 0) is 31.0 Å². The smallest absolute Gasteiger partial charge is 0.318 e. The van der Waals surface area contributed by atoms with E-state index in [1.807, 2.05) is 18.2 Å². The van der Waals surface area contributed by atoms with Crippen LogP contribution in [-0.4, -0.2) is 18.1 Å². The van der Waals surface area contributed by atoms with Crippen LogP contribution in [0.25, 0.3) is 10.2 Å². The molecule has 1 fully saturated rings. The fourth-order valence-electron chi connectivity index (χ4n) is 1.93. The van der Waals surface area contributed by atoms with Crippen molar-refractivity contribution >= 4 is 39.1 Å². The Labute approximate surface area is 107 Å². The van der Waals surface area contributed by atoms with E-state index in [-0.39, 0.29) is 5.97 Å². The fraction of sp³-hybridized carbons (Fsp3) is 0.333. The van der Waals surface area contributed by atoms with Gasteiger partial charge < -0.3 is 4.74 Å². The van der Waals surface area contributed by atoms with Gasteiger partial charge in [-0.2, -0.15) is 0 Å². The first-order chi connectivity index (χ1) is 8.15. The molecule has 0 saturated heterocycles. The monoisotopic (exact) mass is 267 g/mol. The van der Waals surface area contributed by atoms with Crippen molar-refractivity contribution in [3.05, 3.63) is 28.2 Å². The van der Waals surface area contributed by atoms with Gasteiger partial charge in [0.05, 0.1) is 17.3 Å². The van der Waals surface area contributed by atoms with E-state index in [2.05, 4.69) is 4.98 Å². The molecule has 1 saturated carbocycles. The van der Waals surface area contributed by atoms with Crippen molar-refractivity contribution in [1.82, 2.24) is 4.98 Å². The average Bonchev–Trinajstić information content (AvgIpc) is 3.03. The lowest BCUT2D eigenvalue weighted by molar-refractivity contribution is -0.143. The van der Waals surface area contributed by atoms with Crippen LogP contribution >= 0.6 is 22.9 Å². The predicted octanol–water partition coefficient (Wildman–Crippen LogP) is 3.15.